The van der Waals surface area contributed by atoms with Gasteiger partial charge in [0, 0.05) is 25.2 Å². The number of Topliss-reactive ketones (excluding diaryl/α,β-unsaturated/α-hetero) is 1. The number of hydrogen-bond donors (Lipinski definition) is 0. The summed E-state index contributed by atoms with van der Waals surface area (Å²) >= 11 is 0. The molecule has 4 aliphatic carbocycles. The molecule has 0 amide bonds. The standard InChI is InChI=1S/C25H36O7/c1-13(26)31-16-10-11-24(3)15(12-16)6-7-17-18-8-9-19(23(29)30-5)25(18,4)22(32-14(2)27)21(28)20(17)24/h15-20,22H,6-12H2,1-5H3/t15-,16+,17-,18-,19+,20+,22-,24-,25-/m0/s1. The topological polar surface area (TPSA) is 96.0 Å². The van der Waals surface area contributed by atoms with Crippen molar-refractivity contribution in [1.29, 1.82) is 0 Å². The summed E-state index contributed by atoms with van der Waals surface area (Å²) in [5, 5.41) is 0. The number of ketones is 1. The second-order valence-corrected chi connectivity index (χ2v) is 10.9. The number of hydrogen-bond acceptors (Lipinski definition) is 7. The fourth-order valence-corrected chi connectivity index (χ4v) is 8.21. The number of esters is 3. The first kappa shape index (κ1) is 23.2. The van der Waals surface area contributed by atoms with Gasteiger partial charge in [-0.25, -0.2) is 0 Å². The summed E-state index contributed by atoms with van der Waals surface area (Å²) in [5.41, 5.74) is -0.963. The van der Waals surface area contributed by atoms with Gasteiger partial charge in [0.1, 0.15) is 6.10 Å². The van der Waals surface area contributed by atoms with E-state index in [9.17, 15) is 19.2 Å². The predicted octanol–water partition coefficient (Wildman–Crippen LogP) is 3.47. The van der Waals surface area contributed by atoms with Gasteiger partial charge in [-0.15, -0.1) is 0 Å². The molecule has 7 nitrogen and oxygen atoms in total. The molecule has 0 radical (unpaired) electrons. The zero-order valence-corrected chi connectivity index (χ0v) is 19.8. The maximum Gasteiger partial charge on any atom is 0.309 e. The van der Waals surface area contributed by atoms with Crippen LogP contribution in [0.1, 0.15) is 72.6 Å². The van der Waals surface area contributed by atoms with Crippen molar-refractivity contribution in [3.05, 3.63) is 0 Å². The van der Waals surface area contributed by atoms with Crippen LogP contribution in [-0.4, -0.2) is 43.0 Å². The zero-order chi connectivity index (χ0) is 23.4. The highest BCUT2D eigenvalue weighted by Crippen LogP contribution is 2.67. The van der Waals surface area contributed by atoms with E-state index >= 15 is 0 Å². The second-order valence-electron chi connectivity index (χ2n) is 10.9. The highest BCUT2D eigenvalue weighted by molar-refractivity contribution is 5.91. The van der Waals surface area contributed by atoms with Gasteiger partial charge in [-0.3, -0.25) is 19.2 Å². The molecule has 0 unspecified atom stereocenters. The summed E-state index contributed by atoms with van der Waals surface area (Å²) in [4.78, 5) is 50.3. The average molecular weight is 449 g/mol. The van der Waals surface area contributed by atoms with Crippen LogP contribution in [0.15, 0.2) is 0 Å². The minimum absolute atomic E-state index is 0.0297. The molecular weight excluding hydrogens is 412 g/mol. The van der Waals surface area contributed by atoms with Crippen molar-refractivity contribution in [1.82, 2.24) is 0 Å². The van der Waals surface area contributed by atoms with E-state index in [4.69, 9.17) is 14.2 Å². The number of rotatable bonds is 3. The summed E-state index contributed by atoms with van der Waals surface area (Å²) in [6.07, 6.45) is 4.67. The smallest absolute Gasteiger partial charge is 0.309 e. The fourth-order valence-electron chi connectivity index (χ4n) is 8.21. The predicted molar refractivity (Wildman–Crippen MR) is 114 cm³/mol. The molecule has 0 aliphatic heterocycles. The van der Waals surface area contributed by atoms with Crippen molar-refractivity contribution >= 4 is 23.7 Å². The molecule has 4 rings (SSSR count). The Bertz CT molecular complexity index is 821. The van der Waals surface area contributed by atoms with E-state index < -0.39 is 23.4 Å². The molecule has 4 aliphatic rings. The molecule has 0 aromatic carbocycles. The number of fused-ring (bicyclic) bond motifs is 5. The van der Waals surface area contributed by atoms with Gasteiger partial charge in [0.25, 0.3) is 0 Å². The van der Waals surface area contributed by atoms with E-state index in [0.717, 1.165) is 38.5 Å². The monoisotopic (exact) mass is 448 g/mol. The van der Waals surface area contributed by atoms with E-state index in [1.54, 1.807) is 0 Å². The van der Waals surface area contributed by atoms with Gasteiger partial charge < -0.3 is 14.2 Å². The summed E-state index contributed by atoms with van der Waals surface area (Å²) in [6.45, 7) is 6.93. The highest BCUT2D eigenvalue weighted by atomic mass is 16.6. The molecule has 4 fully saturated rings. The van der Waals surface area contributed by atoms with Gasteiger partial charge in [-0.2, -0.15) is 0 Å². The van der Waals surface area contributed by atoms with Crippen LogP contribution < -0.4 is 0 Å². The van der Waals surface area contributed by atoms with E-state index in [1.807, 2.05) is 6.92 Å². The van der Waals surface area contributed by atoms with Crippen molar-refractivity contribution in [2.45, 2.75) is 84.8 Å². The first-order valence-corrected chi connectivity index (χ1v) is 12.0. The normalized spacial score (nSPS) is 45.2. The van der Waals surface area contributed by atoms with Crippen molar-refractivity contribution < 1.29 is 33.4 Å². The zero-order valence-electron chi connectivity index (χ0n) is 19.8. The molecule has 0 spiro atoms. The lowest BCUT2D eigenvalue weighted by molar-refractivity contribution is -0.200. The number of methoxy groups -OCH3 is 1. The molecule has 7 heteroatoms. The van der Waals surface area contributed by atoms with Gasteiger partial charge in [0.15, 0.2) is 11.9 Å². The highest BCUT2D eigenvalue weighted by Gasteiger charge is 2.69. The van der Waals surface area contributed by atoms with E-state index in [0.29, 0.717) is 6.42 Å². The summed E-state index contributed by atoms with van der Waals surface area (Å²) < 4.78 is 16.3. The lowest BCUT2D eigenvalue weighted by Crippen LogP contribution is -2.64. The Labute approximate surface area is 189 Å². The van der Waals surface area contributed by atoms with Crippen LogP contribution in [0.3, 0.4) is 0 Å². The third-order valence-electron chi connectivity index (χ3n) is 9.54. The minimum Gasteiger partial charge on any atom is -0.469 e. The van der Waals surface area contributed by atoms with Crippen molar-refractivity contribution in [2.24, 2.45) is 40.4 Å². The third kappa shape index (κ3) is 3.38. The summed E-state index contributed by atoms with van der Waals surface area (Å²) in [5.74, 6) is -1.18. The molecule has 0 heterocycles. The van der Waals surface area contributed by atoms with Gasteiger partial charge in [0.05, 0.1) is 13.0 Å². The Balaban J connectivity index is 1.70. The Morgan fingerprint density at radius 1 is 0.938 bits per heavy atom. The summed E-state index contributed by atoms with van der Waals surface area (Å²) in [6, 6.07) is 0. The van der Waals surface area contributed by atoms with Gasteiger partial charge >= 0.3 is 17.9 Å². The van der Waals surface area contributed by atoms with E-state index in [2.05, 4.69) is 6.92 Å². The quantitative estimate of drug-likeness (QED) is 0.482. The van der Waals surface area contributed by atoms with Crippen LogP contribution in [-0.2, 0) is 33.4 Å². The van der Waals surface area contributed by atoms with Crippen molar-refractivity contribution in [3.63, 3.8) is 0 Å². The molecular formula is C25H36O7. The Morgan fingerprint density at radius 2 is 1.62 bits per heavy atom. The SMILES string of the molecule is COC(=O)[C@H]1CC[C@H]2[C@@H]3CC[C@H]4C[C@H](OC(C)=O)CC[C@]4(C)[C@H]3C(=O)[C@H](OC(C)=O)[C@]12C. The Morgan fingerprint density at radius 3 is 2.25 bits per heavy atom. The summed E-state index contributed by atoms with van der Waals surface area (Å²) in [7, 11) is 1.38. The fraction of sp³-hybridized carbons (Fsp3) is 0.840. The molecule has 4 saturated carbocycles. The van der Waals surface area contributed by atoms with Gasteiger partial charge in [0.2, 0.25) is 0 Å². The Hall–Kier alpha value is -1.92. The van der Waals surface area contributed by atoms with Gasteiger partial charge in [-0.05, 0) is 68.1 Å². The molecule has 0 aromatic rings. The van der Waals surface area contributed by atoms with Crippen LogP contribution in [0, 0.1) is 40.4 Å². The van der Waals surface area contributed by atoms with Crippen LogP contribution in [0.2, 0.25) is 0 Å². The first-order chi connectivity index (χ1) is 15.0. The first-order valence-electron chi connectivity index (χ1n) is 12.0. The van der Waals surface area contributed by atoms with Crippen LogP contribution in [0.5, 0.6) is 0 Å². The maximum atomic E-state index is 14.1. The molecule has 9 atom stereocenters. The molecule has 32 heavy (non-hydrogen) atoms. The van der Waals surface area contributed by atoms with Crippen molar-refractivity contribution in [3.8, 4) is 0 Å². The van der Waals surface area contributed by atoms with Gasteiger partial charge in [-0.1, -0.05) is 13.8 Å². The van der Waals surface area contributed by atoms with E-state index in [-0.39, 0.29) is 52.9 Å². The minimum atomic E-state index is -0.931. The lowest BCUT2D eigenvalue weighted by Gasteiger charge is -2.61. The number of ether oxygens (including phenoxy) is 3. The molecule has 178 valence electrons. The van der Waals surface area contributed by atoms with Crippen LogP contribution in [0.25, 0.3) is 0 Å². The molecule has 0 aromatic heterocycles. The lowest BCUT2D eigenvalue weighted by atomic mass is 9.43. The third-order valence-corrected chi connectivity index (χ3v) is 9.54. The second kappa shape index (κ2) is 8.14. The molecule has 0 N–H and O–H groups in total. The maximum absolute atomic E-state index is 14.1. The number of carbonyl (C=O) groups excluding carboxylic acids is 4. The average Bonchev–Trinajstić information content (AvgIpc) is 3.07. The molecule has 0 saturated heterocycles. The van der Waals surface area contributed by atoms with Crippen LogP contribution in [0.4, 0.5) is 0 Å². The van der Waals surface area contributed by atoms with E-state index in [1.165, 1.54) is 21.0 Å². The van der Waals surface area contributed by atoms with Crippen molar-refractivity contribution in [2.75, 3.05) is 7.11 Å². The Kier molecular flexibility index (Phi) is 5.91. The largest absolute Gasteiger partial charge is 0.469 e. The van der Waals surface area contributed by atoms with Crippen LogP contribution >= 0.6 is 0 Å². The molecule has 0 bridgehead atoms. The number of carbonyl (C=O) groups is 4.